The van der Waals surface area contributed by atoms with Crippen molar-refractivity contribution in [2.24, 2.45) is 0 Å². The molecule has 0 aliphatic rings. The van der Waals surface area contributed by atoms with Crippen LogP contribution in [0.2, 0.25) is 0 Å². The van der Waals surface area contributed by atoms with Crippen LogP contribution in [-0.2, 0) is 17.8 Å². The maximum atomic E-state index is 11.8. The molecule has 0 saturated heterocycles. The van der Waals surface area contributed by atoms with E-state index in [1.54, 1.807) is 0 Å². The van der Waals surface area contributed by atoms with Gasteiger partial charge in [-0.15, -0.1) is 0 Å². The Hall–Kier alpha value is -2.29. The van der Waals surface area contributed by atoms with Crippen LogP contribution in [0, 0.1) is 6.92 Å². The van der Waals surface area contributed by atoms with Gasteiger partial charge < -0.3 is 11.1 Å². The van der Waals surface area contributed by atoms with Crippen LogP contribution in [0.15, 0.2) is 48.5 Å². The van der Waals surface area contributed by atoms with Crippen molar-refractivity contribution in [3.8, 4) is 0 Å². The summed E-state index contributed by atoms with van der Waals surface area (Å²) in [5.41, 5.74) is 9.90. The molecule has 0 fully saturated rings. The average molecular weight is 268 g/mol. The van der Waals surface area contributed by atoms with Gasteiger partial charge in [-0.05, 0) is 36.1 Å². The highest BCUT2D eigenvalue weighted by atomic mass is 16.1. The van der Waals surface area contributed by atoms with Crippen LogP contribution >= 0.6 is 0 Å². The van der Waals surface area contributed by atoms with E-state index < -0.39 is 0 Å². The molecule has 3 nitrogen and oxygen atoms in total. The highest BCUT2D eigenvalue weighted by Gasteiger charge is 2.05. The van der Waals surface area contributed by atoms with Gasteiger partial charge in [0, 0.05) is 18.7 Å². The first kappa shape index (κ1) is 14.1. The quantitative estimate of drug-likeness (QED) is 0.819. The van der Waals surface area contributed by atoms with E-state index in [0.29, 0.717) is 13.0 Å². The molecule has 0 aromatic heterocycles. The minimum Gasteiger partial charge on any atom is -0.399 e. The highest BCUT2D eigenvalue weighted by molar-refractivity contribution is 5.76. The van der Waals surface area contributed by atoms with Crippen LogP contribution in [0.5, 0.6) is 0 Å². The first-order valence-electron chi connectivity index (χ1n) is 6.81. The summed E-state index contributed by atoms with van der Waals surface area (Å²) < 4.78 is 0. The van der Waals surface area contributed by atoms with Gasteiger partial charge in [-0.2, -0.15) is 0 Å². The summed E-state index contributed by atoms with van der Waals surface area (Å²) in [5, 5.41) is 2.94. The maximum Gasteiger partial charge on any atom is 0.220 e. The standard InChI is InChI=1S/C17H20N2O/c1-13-15(8-5-9-16(13)18)12-19-17(20)11-10-14-6-3-2-4-7-14/h2-9H,10-12,18H2,1H3,(H,19,20). The number of anilines is 1. The molecule has 2 aromatic carbocycles. The molecule has 20 heavy (non-hydrogen) atoms. The summed E-state index contributed by atoms with van der Waals surface area (Å²) in [6.45, 7) is 2.51. The third kappa shape index (κ3) is 3.85. The van der Waals surface area contributed by atoms with E-state index in [1.807, 2.05) is 55.5 Å². The highest BCUT2D eigenvalue weighted by Crippen LogP contribution is 2.15. The number of hydrogen-bond acceptors (Lipinski definition) is 2. The molecule has 0 atom stereocenters. The van der Waals surface area contributed by atoms with E-state index >= 15 is 0 Å². The minimum absolute atomic E-state index is 0.0654. The first-order chi connectivity index (χ1) is 9.66. The van der Waals surface area contributed by atoms with Crippen molar-refractivity contribution in [1.29, 1.82) is 0 Å². The summed E-state index contributed by atoms with van der Waals surface area (Å²) in [6, 6.07) is 15.8. The molecule has 104 valence electrons. The number of benzene rings is 2. The molecule has 0 bridgehead atoms. The Morgan fingerprint density at radius 3 is 2.60 bits per heavy atom. The van der Waals surface area contributed by atoms with Gasteiger partial charge in [0.05, 0.1) is 0 Å². The zero-order valence-electron chi connectivity index (χ0n) is 11.7. The molecule has 3 N–H and O–H groups in total. The molecule has 0 radical (unpaired) electrons. The van der Waals surface area contributed by atoms with Crippen LogP contribution in [0.1, 0.15) is 23.1 Å². The van der Waals surface area contributed by atoms with Crippen molar-refractivity contribution in [2.75, 3.05) is 5.73 Å². The fraction of sp³-hybridized carbons (Fsp3) is 0.235. The lowest BCUT2D eigenvalue weighted by Crippen LogP contribution is -2.23. The molecule has 2 aromatic rings. The second-order valence-corrected chi connectivity index (χ2v) is 4.89. The Balaban J connectivity index is 1.82. The fourth-order valence-electron chi connectivity index (χ4n) is 2.08. The number of nitrogens with one attached hydrogen (secondary N) is 1. The number of nitrogens with two attached hydrogens (primary N) is 1. The van der Waals surface area contributed by atoms with E-state index in [-0.39, 0.29) is 5.91 Å². The zero-order chi connectivity index (χ0) is 14.4. The van der Waals surface area contributed by atoms with Gasteiger partial charge in [0.2, 0.25) is 5.91 Å². The number of rotatable bonds is 5. The van der Waals surface area contributed by atoms with Gasteiger partial charge in [0.25, 0.3) is 0 Å². The molecule has 0 unspecified atom stereocenters. The Kier molecular flexibility index (Phi) is 4.77. The maximum absolute atomic E-state index is 11.8. The second kappa shape index (κ2) is 6.75. The normalized spacial score (nSPS) is 10.2. The largest absolute Gasteiger partial charge is 0.399 e. The van der Waals surface area contributed by atoms with Crippen LogP contribution in [0.25, 0.3) is 0 Å². The average Bonchev–Trinajstić information content (AvgIpc) is 2.48. The van der Waals surface area contributed by atoms with Crippen molar-refractivity contribution in [1.82, 2.24) is 5.32 Å². The van der Waals surface area contributed by atoms with Gasteiger partial charge in [0.15, 0.2) is 0 Å². The molecule has 0 spiro atoms. The number of amides is 1. The van der Waals surface area contributed by atoms with Crippen LogP contribution in [-0.4, -0.2) is 5.91 Å². The second-order valence-electron chi connectivity index (χ2n) is 4.89. The SMILES string of the molecule is Cc1c(N)cccc1CNC(=O)CCc1ccccc1. The van der Waals surface area contributed by atoms with Crippen LogP contribution in [0.3, 0.4) is 0 Å². The van der Waals surface area contributed by atoms with E-state index in [4.69, 9.17) is 5.73 Å². The Bertz CT molecular complexity index is 579. The molecule has 0 aliphatic carbocycles. The molecule has 2 rings (SSSR count). The van der Waals surface area contributed by atoms with Gasteiger partial charge in [0.1, 0.15) is 0 Å². The third-order valence-electron chi connectivity index (χ3n) is 3.45. The number of carbonyl (C=O) groups is 1. The topological polar surface area (TPSA) is 55.1 Å². The van der Waals surface area contributed by atoms with Crippen LogP contribution < -0.4 is 11.1 Å². The Morgan fingerprint density at radius 2 is 1.85 bits per heavy atom. The summed E-state index contributed by atoms with van der Waals surface area (Å²) >= 11 is 0. The third-order valence-corrected chi connectivity index (χ3v) is 3.45. The van der Waals surface area contributed by atoms with Crippen molar-refractivity contribution >= 4 is 11.6 Å². The van der Waals surface area contributed by atoms with Gasteiger partial charge in [-0.3, -0.25) is 4.79 Å². The predicted octanol–water partition coefficient (Wildman–Crippen LogP) is 2.83. The van der Waals surface area contributed by atoms with Crippen molar-refractivity contribution in [3.05, 3.63) is 65.2 Å². The van der Waals surface area contributed by atoms with Crippen molar-refractivity contribution in [2.45, 2.75) is 26.3 Å². The summed E-state index contributed by atoms with van der Waals surface area (Å²) in [5.74, 6) is 0.0654. The van der Waals surface area contributed by atoms with E-state index in [1.165, 1.54) is 5.56 Å². The van der Waals surface area contributed by atoms with Gasteiger partial charge in [-0.1, -0.05) is 42.5 Å². The molecule has 0 saturated carbocycles. The van der Waals surface area contributed by atoms with Gasteiger partial charge in [-0.25, -0.2) is 0 Å². The Labute approximate surface area is 119 Å². The monoisotopic (exact) mass is 268 g/mol. The number of carbonyl (C=O) groups excluding carboxylic acids is 1. The molecule has 1 amide bonds. The molecular weight excluding hydrogens is 248 g/mol. The van der Waals surface area contributed by atoms with Crippen LogP contribution in [0.4, 0.5) is 5.69 Å². The first-order valence-corrected chi connectivity index (χ1v) is 6.81. The lowest BCUT2D eigenvalue weighted by Gasteiger charge is -2.09. The van der Waals surface area contributed by atoms with Crippen molar-refractivity contribution in [3.63, 3.8) is 0 Å². The van der Waals surface area contributed by atoms with E-state index in [0.717, 1.165) is 23.2 Å². The van der Waals surface area contributed by atoms with E-state index in [2.05, 4.69) is 5.32 Å². The predicted molar refractivity (Wildman–Crippen MR) is 82.2 cm³/mol. The Morgan fingerprint density at radius 1 is 1.10 bits per heavy atom. The van der Waals surface area contributed by atoms with E-state index in [9.17, 15) is 4.79 Å². The fourth-order valence-corrected chi connectivity index (χ4v) is 2.08. The molecule has 0 heterocycles. The lowest BCUT2D eigenvalue weighted by molar-refractivity contribution is -0.121. The van der Waals surface area contributed by atoms with Crippen molar-refractivity contribution < 1.29 is 4.79 Å². The van der Waals surface area contributed by atoms with Gasteiger partial charge >= 0.3 is 0 Å². The molecule has 0 aliphatic heterocycles. The zero-order valence-corrected chi connectivity index (χ0v) is 11.7. The summed E-state index contributed by atoms with van der Waals surface area (Å²) in [6.07, 6.45) is 1.27. The smallest absolute Gasteiger partial charge is 0.220 e. The summed E-state index contributed by atoms with van der Waals surface area (Å²) in [7, 11) is 0. The lowest BCUT2D eigenvalue weighted by atomic mass is 10.1. The number of aryl methyl sites for hydroxylation is 1. The number of nitrogen functional groups attached to an aromatic ring is 1. The minimum atomic E-state index is 0.0654. The summed E-state index contributed by atoms with van der Waals surface area (Å²) in [4.78, 5) is 11.8. The molecule has 3 heteroatoms. The molecular formula is C17H20N2O. The number of hydrogen-bond donors (Lipinski definition) is 2.